The number of halogens is 2. The first-order chi connectivity index (χ1) is 22.3. The average molecular weight is 651 g/mol. The standard InChI is InChI=1S/C36H43F2N3O6/c1-24(2)19-20-39-34(44)36(37,38)32(42)30(21-26-15-17-29(18-16-26)47-23-28-13-9-6-10-14-28)40-33(43)31(25(3)4)41(35(45)46)22-27-11-7-5-8-12-27/h5-18,24-25,30-31H,19-23H2,1-4H3,(H,39,44)(H,40,43)(H,45,46)/p-1/t30-,31-/m0/s1. The summed E-state index contributed by atoms with van der Waals surface area (Å²) in [6, 6.07) is 21.0. The van der Waals surface area contributed by atoms with Crippen LogP contribution in [0.3, 0.4) is 0 Å². The molecule has 47 heavy (non-hydrogen) atoms. The van der Waals surface area contributed by atoms with Gasteiger partial charge in [-0.15, -0.1) is 0 Å². The van der Waals surface area contributed by atoms with Crippen molar-refractivity contribution in [2.75, 3.05) is 6.54 Å². The minimum atomic E-state index is -4.47. The quantitative estimate of drug-likeness (QED) is 0.207. The molecule has 0 aliphatic rings. The van der Waals surface area contributed by atoms with Crippen molar-refractivity contribution in [3.63, 3.8) is 0 Å². The highest BCUT2D eigenvalue weighted by molar-refractivity contribution is 6.10. The van der Waals surface area contributed by atoms with Gasteiger partial charge in [0.15, 0.2) is 0 Å². The van der Waals surface area contributed by atoms with E-state index in [-0.39, 0.29) is 19.0 Å². The van der Waals surface area contributed by atoms with E-state index in [0.29, 0.717) is 29.9 Å². The summed E-state index contributed by atoms with van der Waals surface area (Å²) in [5.74, 6) is -9.05. The van der Waals surface area contributed by atoms with Crippen LogP contribution in [-0.4, -0.2) is 53.1 Å². The van der Waals surface area contributed by atoms with E-state index < -0.39 is 54.0 Å². The van der Waals surface area contributed by atoms with Crippen molar-refractivity contribution in [3.8, 4) is 5.75 Å². The number of hydrogen-bond donors (Lipinski definition) is 2. The van der Waals surface area contributed by atoms with Crippen LogP contribution in [0.5, 0.6) is 5.75 Å². The highest BCUT2D eigenvalue weighted by atomic mass is 19.3. The lowest BCUT2D eigenvalue weighted by Crippen LogP contribution is -2.60. The highest BCUT2D eigenvalue weighted by Crippen LogP contribution is 2.23. The van der Waals surface area contributed by atoms with Crippen molar-refractivity contribution in [1.29, 1.82) is 0 Å². The number of hydrogen-bond acceptors (Lipinski definition) is 6. The number of nitrogens with zero attached hydrogens (tertiary/aromatic N) is 1. The third-order valence-corrected chi connectivity index (χ3v) is 7.51. The molecule has 0 unspecified atom stereocenters. The zero-order valence-corrected chi connectivity index (χ0v) is 27.1. The Morgan fingerprint density at radius 2 is 1.40 bits per heavy atom. The number of Topliss-reactive ketones (excluding diaryl/α,β-unsaturated/α-hetero) is 1. The highest BCUT2D eigenvalue weighted by Gasteiger charge is 2.50. The molecule has 0 fully saturated rings. The number of rotatable bonds is 17. The number of nitrogens with one attached hydrogen (secondary N) is 2. The Kier molecular flexibility index (Phi) is 13.4. The number of benzene rings is 3. The molecule has 0 heterocycles. The molecule has 11 heteroatoms. The summed E-state index contributed by atoms with van der Waals surface area (Å²) in [5, 5.41) is 16.7. The molecule has 0 aromatic heterocycles. The van der Waals surface area contributed by atoms with Gasteiger partial charge in [0.2, 0.25) is 11.7 Å². The molecule has 9 nitrogen and oxygen atoms in total. The van der Waals surface area contributed by atoms with Crippen LogP contribution >= 0.6 is 0 Å². The molecule has 0 radical (unpaired) electrons. The van der Waals surface area contributed by atoms with Gasteiger partial charge in [-0.3, -0.25) is 14.4 Å². The first-order valence-electron chi connectivity index (χ1n) is 15.6. The Morgan fingerprint density at radius 3 is 1.94 bits per heavy atom. The van der Waals surface area contributed by atoms with Gasteiger partial charge in [-0.1, -0.05) is 100 Å². The minimum Gasteiger partial charge on any atom is -0.530 e. The van der Waals surface area contributed by atoms with Crippen molar-refractivity contribution in [2.24, 2.45) is 11.8 Å². The summed E-state index contributed by atoms with van der Waals surface area (Å²) in [7, 11) is 0. The van der Waals surface area contributed by atoms with Gasteiger partial charge < -0.3 is 30.2 Å². The lowest BCUT2D eigenvalue weighted by molar-refractivity contribution is -0.269. The number of carbonyl (C=O) groups is 4. The lowest BCUT2D eigenvalue weighted by atomic mass is 9.95. The van der Waals surface area contributed by atoms with Gasteiger partial charge in [0.05, 0.1) is 6.04 Å². The Hall–Kier alpha value is -4.80. The van der Waals surface area contributed by atoms with Gasteiger partial charge in [-0.05, 0) is 47.1 Å². The maximum atomic E-state index is 15.4. The van der Waals surface area contributed by atoms with Crippen LogP contribution < -0.4 is 20.5 Å². The number of ketones is 1. The molecule has 0 spiro atoms. The van der Waals surface area contributed by atoms with E-state index in [0.717, 1.165) is 10.5 Å². The molecule has 0 saturated carbocycles. The first-order valence-corrected chi connectivity index (χ1v) is 15.6. The first kappa shape index (κ1) is 36.7. The number of ether oxygens (including phenoxy) is 1. The van der Waals surface area contributed by atoms with Crippen LogP contribution in [0.25, 0.3) is 0 Å². The summed E-state index contributed by atoms with van der Waals surface area (Å²) in [6.45, 7) is 6.92. The Bertz CT molecular complexity index is 1470. The van der Waals surface area contributed by atoms with Crippen LogP contribution in [0.1, 0.15) is 50.8 Å². The summed E-state index contributed by atoms with van der Waals surface area (Å²) in [4.78, 5) is 52.6. The van der Waals surface area contributed by atoms with Crippen molar-refractivity contribution in [3.05, 3.63) is 102 Å². The van der Waals surface area contributed by atoms with Gasteiger partial charge in [-0.2, -0.15) is 8.78 Å². The largest absolute Gasteiger partial charge is 0.530 e. The van der Waals surface area contributed by atoms with Crippen LogP contribution in [0, 0.1) is 11.8 Å². The summed E-state index contributed by atoms with van der Waals surface area (Å²) in [5.41, 5.74) is 1.91. The maximum Gasteiger partial charge on any atom is 0.383 e. The fraction of sp³-hybridized carbons (Fsp3) is 0.389. The normalized spacial score (nSPS) is 12.7. The van der Waals surface area contributed by atoms with Crippen LogP contribution in [-0.2, 0) is 34.0 Å². The van der Waals surface area contributed by atoms with Crippen molar-refractivity contribution < 1.29 is 37.8 Å². The van der Waals surface area contributed by atoms with E-state index in [1.54, 1.807) is 68.4 Å². The second-order valence-electron chi connectivity index (χ2n) is 12.1. The van der Waals surface area contributed by atoms with E-state index in [9.17, 15) is 24.3 Å². The van der Waals surface area contributed by atoms with Crippen molar-refractivity contribution >= 4 is 23.7 Å². The SMILES string of the molecule is CC(C)CCNC(=O)C(F)(F)C(=O)[C@H](Cc1ccc(OCc2ccccc2)cc1)NC(=O)[C@H](C(C)C)N(Cc1ccccc1)C(=O)[O-]. The van der Waals surface area contributed by atoms with E-state index in [1.807, 2.05) is 44.2 Å². The van der Waals surface area contributed by atoms with E-state index in [2.05, 4.69) is 10.6 Å². The fourth-order valence-corrected chi connectivity index (χ4v) is 4.94. The van der Waals surface area contributed by atoms with Gasteiger partial charge in [-0.25, -0.2) is 0 Å². The molecule has 252 valence electrons. The second kappa shape index (κ2) is 17.2. The fourth-order valence-electron chi connectivity index (χ4n) is 4.94. The molecule has 2 N–H and O–H groups in total. The molecule has 3 rings (SSSR count). The Morgan fingerprint density at radius 1 is 0.830 bits per heavy atom. The maximum absolute atomic E-state index is 15.4. The molecule has 3 amide bonds. The second-order valence-corrected chi connectivity index (χ2v) is 12.1. The molecule has 0 saturated heterocycles. The van der Waals surface area contributed by atoms with Crippen LogP contribution in [0.4, 0.5) is 13.6 Å². The minimum absolute atomic E-state index is 0.0592. The third kappa shape index (κ3) is 10.9. The molecular weight excluding hydrogens is 608 g/mol. The molecule has 2 atom stereocenters. The molecule has 0 bridgehead atoms. The molecule has 0 aliphatic heterocycles. The number of alkyl halides is 2. The Labute approximate surface area is 274 Å². The molecule has 3 aromatic carbocycles. The molecule has 3 aromatic rings. The zero-order chi connectivity index (χ0) is 34.6. The predicted molar refractivity (Wildman–Crippen MR) is 171 cm³/mol. The van der Waals surface area contributed by atoms with E-state index >= 15 is 8.78 Å². The van der Waals surface area contributed by atoms with Crippen LogP contribution in [0.2, 0.25) is 0 Å². The van der Waals surface area contributed by atoms with E-state index in [4.69, 9.17) is 4.74 Å². The number of carbonyl (C=O) groups excluding carboxylic acids is 4. The predicted octanol–water partition coefficient (Wildman–Crippen LogP) is 4.53. The van der Waals surface area contributed by atoms with Gasteiger partial charge >= 0.3 is 5.92 Å². The van der Waals surface area contributed by atoms with Gasteiger partial charge in [0.25, 0.3) is 5.91 Å². The summed E-state index contributed by atoms with van der Waals surface area (Å²) in [6.07, 6.45) is -1.62. The van der Waals surface area contributed by atoms with Crippen molar-refractivity contribution in [1.82, 2.24) is 15.5 Å². The average Bonchev–Trinajstić information content (AvgIpc) is 3.04. The lowest BCUT2D eigenvalue weighted by Gasteiger charge is -2.36. The molecular formula is C36H42F2N3O6-. The monoisotopic (exact) mass is 650 g/mol. The Balaban J connectivity index is 1.86. The third-order valence-electron chi connectivity index (χ3n) is 7.51. The number of carboxylic acid groups (broad SMARTS) is 1. The summed E-state index contributed by atoms with van der Waals surface area (Å²) < 4.78 is 36.5. The van der Waals surface area contributed by atoms with Crippen LogP contribution in [0.15, 0.2) is 84.9 Å². The molecule has 0 aliphatic carbocycles. The summed E-state index contributed by atoms with van der Waals surface area (Å²) >= 11 is 0. The smallest absolute Gasteiger partial charge is 0.383 e. The zero-order valence-electron chi connectivity index (χ0n) is 27.1. The van der Waals surface area contributed by atoms with E-state index in [1.165, 1.54) is 0 Å². The van der Waals surface area contributed by atoms with Crippen molar-refractivity contribution in [2.45, 2.75) is 71.7 Å². The topological polar surface area (TPSA) is 128 Å². The number of amides is 3. The van der Waals surface area contributed by atoms with Gasteiger partial charge in [0, 0.05) is 19.5 Å². The van der Waals surface area contributed by atoms with Gasteiger partial charge in [0.1, 0.15) is 24.5 Å².